The third-order valence-corrected chi connectivity index (χ3v) is 5.44. The third kappa shape index (κ3) is 5.18. The van der Waals surface area contributed by atoms with E-state index in [1.54, 1.807) is 6.07 Å². The predicted molar refractivity (Wildman–Crippen MR) is 84.2 cm³/mol. The van der Waals surface area contributed by atoms with Crippen LogP contribution in [0.3, 0.4) is 0 Å². The van der Waals surface area contributed by atoms with Gasteiger partial charge in [-0.05, 0) is 31.5 Å². The quantitative estimate of drug-likeness (QED) is 0.584. The topological polar surface area (TPSA) is 98.5 Å². The van der Waals surface area contributed by atoms with Crippen molar-refractivity contribution in [1.29, 1.82) is 0 Å². The zero-order valence-corrected chi connectivity index (χ0v) is 13.5. The Morgan fingerprint density at radius 1 is 1.48 bits per heavy atom. The number of methoxy groups -OCH3 is 1. The SMILES string of the molecule is COCCCS(=O)(=O)C(C)C(=O)Nc1ccc(Cl)c(N)c1. The van der Waals surface area contributed by atoms with Gasteiger partial charge < -0.3 is 15.8 Å². The summed E-state index contributed by atoms with van der Waals surface area (Å²) in [5.74, 6) is -0.702. The van der Waals surface area contributed by atoms with Gasteiger partial charge in [-0.2, -0.15) is 0 Å². The minimum absolute atomic E-state index is 0.0990. The molecule has 0 aliphatic carbocycles. The first-order valence-corrected chi connectivity index (χ1v) is 8.43. The molecule has 8 heteroatoms. The maximum absolute atomic E-state index is 12.0. The average molecular weight is 335 g/mol. The molecule has 0 heterocycles. The summed E-state index contributed by atoms with van der Waals surface area (Å²) in [6.45, 7) is 1.69. The van der Waals surface area contributed by atoms with Gasteiger partial charge in [0.1, 0.15) is 5.25 Å². The van der Waals surface area contributed by atoms with E-state index in [1.165, 1.54) is 26.2 Å². The number of carbonyl (C=O) groups is 1. The summed E-state index contributed by atoms with van der Waals surface area (Å²) in [5, 5.41) is 1.74. The van der Waals surface area contributed by atoms with Gasteiger partial charge in [0.15, 0.2) is 9.84 Å². The van der Waals surface area contributed by atoms with E-state index < -0.39 is 21.0 Å². The molecular weight excluding hydrogens is 316 g/mol. The molecule has 0 aromatic heterocycles. The first-order chi connectivity index (χ1) is 9.77. The monoisotopic (exact) mass is 334 g/mol. The Balaban J connectivity index is 2.71. The Labute approximate surface area is 129 Å². The molecule has 0 fully saturated rings. The number of amides is 1. The standard InChI is InChI=1S/C13H19ClN2O4S/c1-9(21(18,19)7-3-6-20-2)13(17)16-10-4-5-11(14)12(15)8-10/h4-5,8-9H,3,6-7,15H2,1-2H3,(H,16,17). The highest BCUT2D eigenvalue weighted by Gasteiger charge is 2.27. The Morgan fingerprint density at radius 2 is 2.14 bits per heavy atom. The van der Waals surface area contributed by atoms with Crippen LogP contribution in [0.1, 0.15) is 13.3 Å². The number of hydrogen-bond donors (Lipinski definition) is 2. The van der Waals surface area contributed by atoms with Gasteiger partial charge in [0.05, 0.1) is 16.5 Å². The second-order valence-electron chi connectivity index (χ2n) is 4.58. The number of nitrogens with two attached hydrogens (primary N) is 1. The Bertz CT molecular complexity index is 604. The van der Waals surface area contributed by atoms with Gasteiger partial charge in [-0.25, -0.2) is 8.42 Å². The van der Waals surface area contributed by atoms with Crippen LogP contribution in [0.2, 0.25) is 5.02 Å². The normalized spacial score (nSPS) is 12.9. The molecule has 1 unspecified atom stereocenters. The van der Waals surface area contributed by atoms with E-state index >= 15 is 0 Å². The van der Waals surface area contributed by atoms with Crippen LogP contribution in [0, 0.1) is 0 Å². The molecule has 118 valence electrons. The molecule has 0 spiro atoms. The number of ether oxygens (including phenoxy) is 1. The van der Waals surface area contributed by atoms with Gasteiger partial charge in [-0.15, -0.1) is 0 Å². The van der Waals surface area contributed by atoms with Gasteiger partial charge >= 0.3 is 0 Å². The lowest BCUT2D eigenvalue weighted by Gasteiger charge is -2.13. The highest BCUT2D eigenvalue weighted by atomic mass is 35.5. The number of carbonyl (C=O) groups excluding carboxylic acids is 1. The van der Waals surface area contributed by atoms with Crippen LogP contribution in [0.4, 0.5) is 11.4 Å². The number of sulfone groups is 1. The molecule has 1 aromatic carbocycles. The van der Waals surface area contributed by atoms with E-state index in [0.29, 0.717) is 29.4 Å². The lowest BCUT2D eigenvalue weighted by molar-refractivity contribution is -0.115. The Morgan fingerprint density at radius 3 is 2.71 bits per heavy atom. The molecule has 0 aliphatic heterocycles. The van der Waals surface area contributed by atoms with Gasteiger partial charge in [0.2, 0.25) is 5.91 Å². The molecular formula is C13H19ClN2O4S. The van der Waals surface area contributed by atoms with E-state index in [-0.39, 0.29) is 5.75 Å². The van der Waals surface area contributed by atoms with E-state index in [4.69, 9.17) is 22.1 Å². The molecule has 0 bridgehead atoms. The number of nitrogens with one attached hydrogen (secondary N) is 1. The van der Waals surface area contributed by atoms with Crippen molar-refractivity contribution in [3.8, 4) is 0 Å². The van der Waals surface area contributed by atoms with Crippen molar-refractivity contribution in [2.75, 3.05) is 30.5 Å². The zero-order valence-electron chi connectivity index (χ0n) is 11.9. The summed E-state index contributed by atoms with van der Waals surface area (Å²) in [6.07, 6.45) is 0.352. The van der Waals surface area contributed by atoms with Crippen LogP contribution in [-0.4, -0.2) is 39.0 Å². The van der Waals surface area contributed by atoms with Crippen molar-refractivity contribution in [3.63, 3.8) is 0 Å². The van der Waals surface area contributed by atoms with Crippen molar-refractivity contribution in [2.24, 2.45) is 0 Å². The van der Waals surface area contributed by atoms with Gasteiger partial charge in [0, 0.05) is 19.4 Å². The minimum atomic E-state index is -3.52. The van der Waals surface area contributed by atoms with Crippen molar-refractivity contribution in [2.45, 2.75) is 18.6 Å². The summed E-state index contributed by atoms with van der Waals surface area (Å²) < 4.78 is 28.8. The maximum atomic E-state index is 12.0. The Hall–Kier alpha value is -1.31. The van der Waals surface area contributed by atoms with Crippen LogP contribution in [0.15, 0.2) is 18.2 Å². The van der Waals surface area contributed by atoms with Crippen LogP contribution in [-0.2, 0) is 19.4 Å². The number of nitrogen functional groups attached to an aromatic ring is 1. The molecule has 1 amide bonds. The van der Waals surface area contributed by atoms with Crippen molar-refractivity contribution in [3.05, 3.63) is 23.2 Å². The number of benzene rings is 1. The number of rotatable bonds is 7. The largest absolute Gasteiger partial charge is 0.397 e. The van der Waals surface area contributed by atoms with Gasteiger partial charge in [0.25, 0.3) is 0 Å². The molecule has 0 aliphatic rings. The first-order valence-electron chi connectivity index (χ1n) is 6.34. The molecule has 1 rings (SSSR count). The second-order valence-corrected chi connectivity index (χ2v) is 7.43. The van der Waals surface area contributed by atoms with E-state index in [9.17, 15) is 13.2 Å². The predicted octanol–water partition coefficient (Wildman–Crippen LogP) is 1.70. The van der Waals surface area contributed by atoms with E-state index in [2.05, 4.69) is 5.32 Å². The van der Waals surface area contributed by atoms with Crippen molar-refractivity contribution >= 4 is 38.7 Å². The average Bonchev–Trinajstić information content (AvgIpc) is 2.42. The molecule has 0 saturated carbocycles. The van der Waals surface area contributed by atoms with E-state index in [0.717, 1.165) is 0 Å². The molecule has 3 N–H and O–H groups in total. The minimum Gasteiger partial charge on any atom is -0.397 e. The van der Waals surface area contributed by atoms with Gasteiger partial charge in [-0.1, -0.05) is 11.6 Å². The van der Waals surface area contributed by atoms with Gasteiger partial charge in [-0.3, -0.25) is 4.79 Å². The smallest absolute Gasteiger partial charge is 0.242 e. The molecule has 21 heavy (non-hydrogen) atoms. The fraction of sp³-hybridized carbons (Fsp3) is 0.462. The summed E-state index contributed by atoms with van der Waals surface area (Å²) >= 11 is 5.78. The van der Waals surface area contributed by atoms with Crippen molar-refractivity contribution < 1.29 is 17.9 Å². The summed E-state index contributed by atoms with van der Waals surface area (Å²) in [6, 6.07) is 4.57. The van der Waals surface area contributed by atoms with Crippen LogP contribution in [0.25, 0.3) is 0 Å². The highest BCUT2D eigenvalue weighted by Crippen LogP contribution is 2.22. The van der Waals surface area contributed by atoms with Crippen LogP contribution in [0.5, 0.6) is 0 Å². The lowest BCUT2D eigenvalue weighted by atomic mass is 10.2. The molecule has 6 nitrogen and oxygen atoms in total. The zero-order chi connectivity index (χ0) is 16.0. The van der Waals surface area contributed by atoms with E-state index in [1.807, 2.05) is 0 Å². The van der Waals surface area contributed by atoms with Crippen LogP contribution < -0.4 is 11.1 Å². The Kier molecular flexibility index (Phi) is 6.44. The highest BCUT2D eigenvalue weighted by molar-refractivity contribution is 7.92. The van der Waals surface area contributed by atoms with Crippen molar-refractivity contribution in [1.82, 2.24) is 0 Å². The molecule has 0 radical (unpaired) electrons. The first kappa shape index (κ1) is 17.7. The third-order valence-electron chi connectivity index (χ3n) is 2.95. The summed E-state index contributed by atoms with van der Waals surface area (Å²) in [5.41, 5.74) is 6.34. The number of hydrogen-bond acceptors (Lipinski definition) is 5. The molecule has 1 atom stereocenters. The fourth-order valence-electron chi connectivity index (χ4n) is 1.61. The summed E-state index contributed by atoms with van der Waals surface area (Å²) in [4.78, 5) is 12.0. The molecule has 1 aromatic rings. The van der Waals surface area contributed by atoms with Crippen LogP contribution >= 0.6 is 11.6 Å². The maximum Gasteiger partial charge on any atom is 0.242 e. The second kappa shape index (κ2) is 7.63. The molecule has 0 saturated heterocycles. The number of anilines is 2. The summed E-state index contributed by atoms with van der Waals surface area (Å²) in [7, 11) is -2.03. The lowest BCUT2D eigenvalue weighted by Crippen LogP contribution is -2.34. The fourth-order valence-corrected chi connectivity index (χ4v) is 2.99. The number of halogens is 1.